The van der Waals surface area contributed by atoms with Crippen molar-refractivity contribution < 1.29 is 0 Å². The first-order chi connectivity index (χ1) is 8.13. The molecule has 1 aliphatic heterocycles. The van der Waals surface area contributed by atoms with Gasteiger partial charge in [0.2, 0.25) is 0 Å². The molecule has 1 saturated heterocycles. The Bertz CT molecular complexity index is 194. The second-order valence-electron chi connectivity index (χ2n) is 5.71. The molecule has 0 saturated carbocycles. The van der Waals surface area contributed by atoms with Crippen LogP contribution in [0.5, 0.6) is 0 Å². The van der Waals surface area contributed by atoms with Crippen LogP contribution in [0.25, 0.3) is 0 Å². The molecule has 0 aromatic carbocycles. The number of likely N-dealkylation sites (N-methyl/N-ethyl adjacent to an activating group) is 1. The zero-order valence-electron chi connectivity index (χ0n) is 12.2. The molecule has 0 aromatic heterocycles. The van der Waals surface area contributed by atoms with E-state index in [1.54, 1.807) is 0 Å². The number of piperazine rings is 1. The van der Waals surface area contributed by atoms with E-state index in [0.29, 0.717) is 0 Å². The van der Waals surface area contributed by atoms with Gasteiger partial charge in [-0.2, -0.15) is 0 Å². The van der Waals surface area contributed by atoms with Gasteiger partial charge in [-0.15, -0.1) is 0 Å². The van der Waals surface area contributed by atoms with Crippen LogP contribution in [-0.4, -0.2) is 61.7 Å². The Kier molecular flexibility index (Phi) is 7.09. The molecule has 1 atom stereocenters. The summed E-state index contributed by atoms with van der Waals surface area (Å²) in [6, 6.07) is 0.726. The molecule has 1 unspecified atom stereocenters. The van der Waals surface area contributed by atoms with E-state index in [1.165, 1.54) is 45.7 Å². The molecule has 3 nitrogen and oxygen atoms in total. The van der Waals surface area contributed by atoms with Crippen LogP contribution in [0.1, 0.15) is 34.1 Å². The second-order valence-corrected chi connectivity index (χ2v) is 5.71. The number of hydrogen-bond donors (Lipinski definition) is 1. The fraction of sp³-hybridized carbons (Fsp3) is 1.00. The Balaban J connectivity index is 2.05. The minimum absolute atomic E-state index is 0.726. The maximum absolute atomic E-state index is 3.55. The molecular formula is C14H31N3. The molecule has 0 radical (unpaired) electrons. The van der Waals surface area contributed by atoms with Crippen molar-refractivity contribution in [2.24, 2.45) is 5.92 Å². The molecule has 0 aliphatic carbocycles. The van der Waals surface area contributed by atoms with Crippen LogP contribution in [0.3, 0.4) is 0 Å². The van der Waals surface area contributed by atoms with E-state index in [0.717, 1.165) is 18.5 Å². The van der Waals surface area contributed by atoms with Crippen LogP contribution in [0, 0.1) is 5.92 Å². The SMILES string of the molecule is CCN1CCN(CCNCCC(C)C)CC1C. The van der Waals surface area contributed by atoms with Crippen molar-refractivity contribution >= 4 is 0 Å². The van der Waals surface area contributed by atoms with Gasteiger partial charge in [0.05, 0.1) is 0 Å². The highest BCUT2D eigenvalue weighted by Crippen LogP contribution is 2.07. The minimum Gasteiger partial charge on any atom is -0.315 e. The topological polar surface area (TPSA) is 18.5 Å². The molecule has 1 aliphatic rings. The summed E-state index contributed by atoms with van der Waals surface area (Å²) in [7, 11) is 0. The van der Waals surface area contributed by atoms with E-state index in [9.17, 15) is 0 Å². The first-order valence-electron chi connectivity index (χ1n) is 7.30. The number of nitrogens with zero attached hydrogens (tertiary/aromatic N) is 2. The lowest BCUT2D eigenvalue weighted by molar-refractivity contribution is 0.0887. The average Bonchev–Trinajstić information content (AvgIpc) is 2.28. The summed E-state index contributed by atoms with van der Waals surface area (Å²) in [4.78, 5) is 5.17. The molecule has 17 heavy (non-hydrogen) atoms. The number of hydrogen-bond acceptors (Lipinski definition) is 3. The Morgan fingerprint density at radius 2 is 2.00 bits per heavy atom. The van der Waals surface area contributed by atoms with Gasteiger partial charge in [0.1, 0.15) is 0 Å². The molecule has 0 spiro atoms. The molecule has 1 N–H and O–H groups in total. The third-order valence-corrected chi connectivity index (χ3v) is 3.76. The molecule has 0 bridgehead atoms. The van der Waals surface area contributed by atoms with Gasteiger partial charge in [-0.3, -0.25) is 9.80 Å². The number of rotatable bonds is 7. The molecule has 0 amide bonds. The van der Waals surface area contributed by atoms with Gasteiger partial charge in [-0.05, 0) is 32.4 Å². The van der Waals surface area contributed by atoms with Gasteiger partial charge in [-0.1, -0.05) is 20.8 Å². The van der Waals surface area contributed by atoms with Crippen LogP contribution in [0.2, 0.25) is 0 Å². The molecule has 102 valence electrons. The highest BCUT2D eigenvalue weighted by atomic mass is 15.3. The predicted octanol–water partition coefficient (Wildman–Crippen LogP) is 1.65. The summed E-state index contributed by atoms with van der Waals surface area (Å²) >= 11 is 0. The predicted molar refractivity (Wildman–Crippen MR) is 75.5 cm³/mol. The average molecular weight is 241 g/mol. The summed E-state index contributed by atoms with van der Waals surface area (Å²) in [5, 5.41) is 3.55. The van der Waals surface area contributed by atoms with Crippen molar-refractivity contribution in [3.63, 3.8) is 0 Å². The van der Waals surface area contributed by atoms with Crippen LogP contribution >= 0.6 is 0 Å². The largest absolute Gasteiger partial charge is 0.315 e. The van der Waals surface area contributed by atoms with Crippen molar-refractivity contribution in [1.29, 1.82) is 0 Å². The summed E-state index contributed by atoms with van der Waals surface area (Å²) in [5.74, 6) is 0.815. The molecule has 1 heterocycles. The summed E-state index contributed by atoms with van der Waals surface area (Å²) in [6.07, 6.45) is 1.29. The third-order valence-electron chi connectivity index (χ3n) is 3.76. The van der Waals surface area contributed by atoms with Gasteiger partial charge in [0, 0.05) is 38.8 Å². The fourth-order valence-electron chi connectivity index (χ4n) is 2.50. The van der Waals surface area contributed by atoms with Crippen LogP contribution in [0.15, 0.2) is 0 Å². The summed E-state index contributed by atoms with van der Waals surface area (Å²) in [5.41, 5.74) is 0. The monoisotopic (exact) mass is 241 g/mol. The van der Waals surface area contributed by atoms with Gasteiger partial charge in [0.25, 0.3) is 0 Å². The van der Waals surface area contributed by atoms with Gasteiger partial charge in [0.15, 0.2) is 0 Å². The quantitative estimate of drug-likeness (QED) is 0.684. The Labute approximate surface area is 108 Å². The lowest BCUT2D eigenvalue weighted by Gasteiger charge is -2.39. The minimum atomic E-state index is 0.726. The first-order valence-corrected chi connectivity index (χ1v) is 7.30. The molecule has 3 heteroatoms. The van der Waals surface area contributed by atoms with E-state index >= 15 is 0 Å². The van der Waals surface area contributed by atoms with Crippen molar-refractivity contribution in [3.05, 3.63) is 0 Å². The third kappa shape index (κ3) is 5.84. The second kappa shape index (κ2) is 8.06. The lowest BCUT2D eigenvalue weighted by Crippen LogP contribution is -2.52. The summed E-state index contributed by atoms with van der Waals surface area (Å²) < 4.78 is 0. The van der Waals surface area contributed by atoms with Crippen molar-refractivity contribution in [2.75, 3.05) is 45.8 Å². The molecule has 1 rings (SSSR count). The molecule has 1 fully saturated rings. The Morgan fingerprint density at radius 3 is 2.59 bits per heavy atom. The summed E-state index contributed by atoms with van der Waals surface area (Å²) in [6.45, 7) is 17.6. The molecule has 0 aromatic rings. The maximum atomic E-state index is 3.55. The fourth-order valence-corrected chi connectivity index (χ4v) is 2.50. The van der Waals surface area contributed by atoms with Crippen molar-refractivity contribution in [1.82, 2.24) is 15.1 Å². The van der Waals surface area contributed by atoms with E-state index in [-0.39, 0.29) is 0 Å². The van der Waals surface area contributed by atoms with Crippen LogP contribution < -0.4 is 5.32 Å². The van der Waals surface area contributed by atoms with E-state index in [1.807, 2.05) is 0 Å². The standard InChI is InChI=1S/C14H31N3/c1-5-17-11-10-16(12-14(17)4)9-8-15-7-6-13(2)3/h13-15H,5-12H2,1-4H3. The first kappa shape index (κ1) is 14.9. The zero-order chi connectivity index (χ0) is 12.7. The van der Waals surface area contributed by atoms with Crippen LogP contribution in [-0.2, 0) is 0 Å². The lowest BCUT2D eigenvalue weighted by atomic mass is 10.1. The maximum Gasteiger partial charge on any atom is 0.0195 e. The Hall–Kier alpha value is -0.120. The smallest absolute Gasteiger partial charge is 0.0195 e. The van der Waals surface area contributed by atoms with E-state index in [2.05, 4.69) is 42.8 Å². The number of nitrogens with one attached hydrogen (secondary N) is 1. The Morgan fingerprint density at radius 1 is 1.24 bits per heavy atom. The van der Waals surface area contributed by atoms with E-state index < -0.39 is 0 Å². The van der Waals surface area contributed by atoms with Crippen molar-refractivity contribution in [2.45, 2.75) is 40.2 Å². The highest BCUT2D eigenvalue weighted by Gasteiger charge is 2.21. The van der Waals surface area contributed by atoms with Gasteiger partial charge >= 0.3 is 0 Å². The van der Waals surface area contributed by atoms with Gasteiger partial charge in [-0.25, -0.2) is 0 Å². The van der Waals surface area contributed by atoms with Crippen LogP contribution in [0.4, 0.5) is 0 Å². The van der Waals surface area contributed by atoms with Crippen molar-refractivity contribution in [3.8, 4) is 0 Å². The van der Waals surface area contributed by atoms with Gasteiger partial charge < -0.3 is 5.32 Å². The van der Waals surface area contributed by atoms with E-state index in [4.69, 9.17) is 0 Å². The highest BCUT2D eigenvalue weighted by molar-refractivity contribution is 4.78. The molecular weight excluding hydrogens is 210 g/mol. The zero-order valence-corrected chi connectivity index (χ0v) is 12.2. The normalized spacial score (nSPS) is 23.5.